The third kappa shape index (κ3) is 4.14. The average molecular weight is 359 g/mol. The molecular weight excluding hydrogens is 336 g/mol. The summed E-state index contributed by atoms with van der Waals surface area (Å²) in [6, 6.07) is 13.5. The molecule has 2 aromatic carbocycles. The maximum atomic E-state index is 10.2. The molecular formula is C20H23ClN2O2. The maximum Gasteiger partial charge on any atom is 0.166 e. The van der Waals surface area contributed by atoms with Crippen LogP contribution in [0.5, 0.6) is 11.5 Å². The molecule has 1 atom stereocenters. The minimum Gasteiger partial charge on any atom is -0.504 e. The van der Waals surface area contributed by atoms with Gasteiger partial charge < -0.3 is 9.84 Å². The molecule has 0 aliphatic carbocycles. The molecule has 0 radical (unpaired) electrons. The van der Waals surface area contributed by atoms with Gasteiger partial charge in [0.25, 0.3) is 0 Å². The normalized spacial score (nSPS) is 16.4. The molecule has 4 nitrogen and oxygen atoms in total. The molecule has 0 saturated carbocycles. The van der Waals surface area contributed by atoms with Crippen molar-refractivity contribution in [1.29, 1.82) is 0 Å². The van der Waals surface area contributed by atoms with Crippen LogP contribution in [-0.2, 0) is 0 Å². The minimum atomic E-state index is 0.115. The van der Waals surface area contributed by atoms with Crippen molar-refractivity contribution in [2.45, 2.75) is 18.9 Å². The van der Waals surface area contributed by atoms with E-state index in [1.54, 1.807) is 12.3 Å². The molecule has 1 aliphatic rings. The van der Waals surface area contributed by atoms with Gasteiger partial charge in [-0.15, -0.1) is 0 Å². The Morgan fingerprint density at radius 1 is 1.20 bits per heavy atom. The van der Waals surface area contributed by atoms with Crippen LogP contribution >= 0.6 is 11.6 Å². The van der Waals surface area contributed by atoms with Crippen LogP contribution in [0.1, 0.15) is 30.0 Å². The fourth-order valence-electron chi connectivity index (χ4n) is 3.27. The minimum absolute atomic E-state index is 0.115. The van der Waals surface area contributed by atoms with E-state index >= 15 is 0 Å². The molecule has 25 heavy (non-hydrogen) atoms. The number of likely N-dealkylation sites (tertiary alicyclic amines) is 1. The van der Waals surface area contributed by atoms with E-state index in [4.69, 9.17) is 16.3 Å². The second-order valence-corrected chi connectivity index (χ2v) is 6.58. The van der Waals surface area contributed by atoms with Gasteiger partial charge in [0.05, 0.1) is 19.7 Å². The van der Waals surface area contributed by atoms with E-state index in [9.17, 15) is 5.11 Å². The highest BCUT2D eigenvalue weighted by atomic mass is 35.5. The summed E-state index contributed by atoms with van der Waals surface area (Å²) in [5, 5.41) is 11.0. The van der Waals surface area contributed by atoms with Gasteiger partial charge in [-0.1, -0.05) is 35.9 Å². The van der Waals surface area contributed by atoms with Crippen LogP contribution in [-0.4, -0.2) is 43.0 Å². The van der Waals surface area contributed by atoms with E-state index in [0.29, 0.717) is 17.9 Å². The van der Waals surface area contributed by atoms with Gasteiger partial charge >= 0.3 is 0 Å². The number of benzene rings is 2. The highest BCUT2D eigenvalue weighted by Crippen LogP contribution is 2.31. The molecule has 1 heterocycles. The summed E-state index contributed by atoms with van der Waals surface area (Å²) in [6.07, 6.45) is 4.13. The van der Waals surface area contributed by atoms with Crippen LogP contribution in [0.2, 0.25) is 5.02 Å². The van der Waals surface area contributed by atoms with Crippen LogP contribution in [0, 0.1) is 0 Å². The molecule has 0 aromatic heterocycles. The predicted octanol–water partition coefficient (Wildman–Crippen LogP) is 4.31. The van der Waals surface area contributed by atoms with Crippen molar-refractivity contribution in [2.24, 2.45) is 4.99 Å². The summed E-state index contributed by atoms with van der Waals surface area (Å²) in [5.74, 6) is 0.565. The zero-order valence-corrected chi connectivity index (χ0v) is 15.1. The van der Waals surface area contributed by atoms with Crippen molar-refractivity contribution in [2.75, 3.05) is 26.7 Å². The number of methoxy groups -OCH3 is 1. The molecule has 2 aromatic rings. The first-order chi connectivity index (χ1) is 12.2. The highest BCUT2D eigenvalue weighted by molar-refractivity contribution is 6.31. The van der Waals surface area contributed by atoms with Crippen LogP contribution in [0.4, 0.5) is 0 Å². The molecule has 1 aliphatic heterocycles. The second-order valence-electron chi connectivity index (χ2n) is 6.17. The largest absolute Gasteiger partial charge is 0.504 e. The molecule has 5 heteroatoms. The first-order valence-corrected chi connectivity index (χ1v) is 8.92. The lowest BCUT2D eigenvalue weighted by molar-refractivity contribution is 0.252. The lowest BCUT2D eigenvalue weighted by atomic mass is 10.1. The molecule has 0 unspecified atom stereocenters. The SMILES string of the molecule is COc1cccc(C=NC[C@H](c2ccccc2Cl)N2CCCC2)c1O. The molecule has 1 saturated heterocycles. The van der Waals surface area contributed by atoms with Gasteiger partial charge in [-0.05, 0) is 49.7 Å². The average Bonchev–Trinajstić information content (AvgIpc) is 3.15. The second kappa shape index (κ2) is 8.37. The lowest BCUT2D eigenvalue weighted by Crippen LogP contribution is -2.28. The Hall–Kier alpha value is -2.04. The number of nitrogens with zero attached hydrogens (tertiary/aromatic N) is 2. The monoisotopic (exact) mass is 358 g/mol. The Morgan fingerprint density at radius 3 is 2.68 bits per heavy atom. The summed E-state index contributed by atoms with van der Waals surface area (Å²) in [7, 11) is 1.54. The maximum absolute atomic E-state index is 10.2. The first kappa shape index (κ1) is 17.8. The Bertz CT molecular complexity index is 742. The third-order valence-electron chi connectivity index (χ3n) is 4.60. The summed E-state index contributed by atoms with van der Waals surface area (Å²) >= 11 is 6.42. The number of hydrogen-bond acceptors (Lipinski definition) is 4. The van der Waals surface area contributed by atoms with Crippen molar-refractivity contribution in [3.05, 3.63) is 58.6 Å². The van der Waals surface area contributed by atoms with E-state index in [1.165, 1.54) is 20.0 Å². The van der Waals surface area contributed by atoms with Gasteiger partial charge in [-0.25, -0.2) is 0 Å². The fourth-order valence-corrected chi connectivity index (χ4v) is 3.53. The zero-order valence-electron chi connectivity index (χ0n) is 14.4. The molecule has 1 N–H and O–H groups in total. The molecule has 0 bridgehead atoms. The smallest absolute Gasteiger partial charge is 0.166 e. The van der Waals surface area contributed by atoms with Crippen LogP contribution < -0.4 is 4.74 Å². The lowest BCUT2D eigenvalue weighted by Gasteiger charge is -2.27. The Kier molecular flexibility index (Phi) is 5.95. The van der Waals surface area contributed by atoms with E-state index in [2.05, 4.69) is 16.0 Å². The van der Waals surface area contributed by atoms with E-state index < -0.39 is 0 Å². The fraction of sp³-hybridized carbons (Fsp3) is 0.350. The number of phenolic OH excluding ortho intramolecular Hbond substituents is 1. The highest BCUT2D eigenvalue weighted by Gasteiger charge is 2.24. The summed E-state index contributed by atoms with van der Waals surface area (Å²) in [4.78, 5) is 7.03. The molecule has 3 rings (SSSR count). The third-order valence-corrected chi connectivity index (χ3v) is 4.95. The Labute approximate surface area is 153 Å². The number of aromatic hydroxyl groups is 1. The van der Waals surface area contributed by atoms with E-state index in [1.807, 2.05) is 30.3 Å². The number of aliphatic imine (C=N–C) groups is 1. The standard InChI is InChI=1S/C20H23ClN2O2/c1-25-19-10-6-7-15(20(19)24)13-22-14-18(23-11-4-5-12-23)16-8-2-3-9-17(16)21/h2-3,6-10,13,18,24H,4-5,11-12,14H2,1H3/t18-/m1/s1. The number of rotatable bonds is 6. The quantitative estimate of drug-likeness (QED) is 0.782. The number of para-hydroxylation sites is 1. The molecule has 132 valence electrons. The molecule has 0 amide bonds. The van der Waals surface area contributed by atoms with Crippen molar-refractivity contribution in [3.63, 3.8) is 0 Å². The predicted molar refractivity (Wildman–Crippen MR) is 102 cm³/mol. The van der Waals surface area contributed by atoms with Gasteiger partial charge in [-0.2, -0.15) is 0 Å². The van der Waals surface area contributed by atoms with Crippen LogP contribution in [0.15, 0.2) is 47.5 Å². The van der Waals surface area contributed by atoms with Crippen molar-refractivity contribution < 1.29 is 9.84 Å². The van der Waals surface area contributed by atoms with Crippen LogP contribution in [0.25, 0.3) is 0 Å². The van der Waals surface area contributed by atoms with Gasteiger partial charge in [-0.3, -0.25) is 9.89 Å². The first-order valence-electron chi connectivity index (χ1n) is 8.55. The van der Waals surface area contributed by atoms with Gasteiger partial charge in [0, 0.05) is 16.8 Å². The number of ether oxygens (including phenoxy) is 1. The number of hydrogen-bond donors (Lipinski definition) is 1. The number of halogens is 1. The zero-order chi connectivity index (χ0) is 17.6. The summed E-state index contributed by atoms with van der Waals surface area (Å²) < 4.78 is 5.14. The Morgan fingerprint density at radius 2 is 1.96 bits per heavy atom. The summed E-state index contributed by atoms with van der Waals surface area (Å²) in [5.41, 5.74) is 1.76. The molecule has 1 fully saturated rings. The van der Waals surface area contributed by atoms with Crippen LogP contribution in [0.3, 0.4) is 0 Å². The van der Waals surface area contributed by atoms with Crippen molar-refractivity contribution in [3.8, 4) is 11.5 Å². The van der Waals surface area contributed by atoms with Crippen molar-refractivity contribution in [1.82, 2.24) is 4.90 Å². The van der Waals surface area contributed by atoms with Gasteiger partial charge in [0.2, 0.25) is 0 Å². The number of phenols is 1. The van der Waals surface area contributed by atoms with Gasteiger partial charge in [0.15, 0.2) is 11.5 Å². The van der Waals surface area contributed by atoms with Crippen molar-refractivity contribution >= 4 is 17.8 Å². The Balaban J connectivity index is 1.80. The topological polar surface area (TPSA) is 45.1 Å². The van der Waals surface area contributed by atoms with E-state index in [-0.39, 0.29) is 11.8 Å². The summed E-state index contributed by atoms with van der Waals surface area (Å²) in [6.45, 7) is 2.73. The van der Waals surface area contributed by atoms with Gasteiger partial charge in [0.1, 0.15) is 0 Å². The molecule has 0 spiro atoms. The van der Waals surface area contributed by atoms with E-state index in [0.717, 1.165) is 23.7 Å².